The van der Waals surface area contributed by atoms with Crippen LogP contribution < -0.4 is 20.1 Å². The Morgan fingerprint density at radius 1 is 1.22 bits per heavy atom. The maximum absolute atomic E-state index is 8.36. The van der Waals surface area contributed by atoms with Crippen LogP contribution in [-0.4, -0.2) is 40.4 Å². The number of hydrogen-bond donors (Lipinski definition) is 3. The lowest BCUT2D eigenvalue weighted by molar-refractivity contribution is 0.328. The average Bonchev–Trinajstić information content (AvgIpc) is 2.78. The fourth-order valence-electron chi connectivity index (χ4n) is 3.30. The van der Waals surface area contributed by atoms with E-state index in [1.165, 1.54) is 0 Å². The first-order valence-corrected chi connectivity index (χ1v) is 10.6. The van der Waals surface area contributed by atoms with Crippen molar-refractivity contribution in [2.75, 3.05) is 24.4 Å². The van der Waals surface area contributed by atoms with Crippen molar-refractivity contribution in [3.63, 3.8) is 0 Å². The van der Waals surface area contributed by atoms with Gasteiger partial charge in [-0.2, -0.15) is 0 Å². The molecule has 3 aromatic rings. The van der Waals surface area contributed by atoms with Gasteiger partial charge in [0.15, 0.2) is 0 Å². The van der Waals surface area contributed by atoms with Crippen LogP contribution >= 0.6 is 0 Å². The Hall–Kier alpha value is -3.68. The molecule has 0 bridgehead atoms. The van der Waals surface area contributed by atoms with Gasteiger partial charge in [-0.1, -0.05) is 0 Å². The zero-order valence-electron chi connectivity index (χ0n) is 19.2. The van der Waals surface area contributed by atoms with E-state index in [4.69, 9.17) is 19.9 Å². The molecule has 32 heavy (non-hydrogen) atoms. The molecule has 8 heteroatoms. The van der Waals surface area contributed by atoms with Crippen LogP contribution in [-0.2, 0) is 6.54 Å². The number of anilines is 2. The molecule has 0 aliphatic rings. The maximum atomic E-state index is 8.36. The van der Waals surface area contributed by atoms with Gasteiger partial charge < -0.3 is 25.5 Å². The summed E-state index contributed by atoms with van der Waals surface area (Å²) in [5.41, 5.74) is 4.91. The van der Waals surface area contributed by atoms with Crippen LogP contribution in [0, 0.1) is 5.41 Å². The third kappa shape index (κ3) is 5.32. The molecule has 3 heterocycles. The van der Waals surface area contributed by atoms with Crippen molar-refractivity contribution in [2.24, 2.45) is 0 Å². The van der Waals surface area contributed by atoms with Gasteiger partial charge in [-0.25, -0.2) is 9.97 Å². The second kappa shape index (κ2) is 10.6. The summed E-state index contributed by atoms with van der Waals surface area (Å²) in [4.78, 5) is 13.4. The topological polar surface area (TPSA) is 105 Å². The van der Waals surface area contributed by atoms with E-state index >= 15 is 0 Å². The standard InChI is InChI=1S/C24H30N6O2/c1-6-32-24-18(8-7-10-27-24)19-12-20(23(29-15(2)3)22(30-19)16(4)25)28-14-17-13-26-11-9-21(17)31-5/h7-13,15,25,29H,6,14H2,1-5H3,(H,28,30). The SMILES string of the molecule is CCOc1ncccc1-c1cc(NCc2cnccc2OC)c(NC(C)C)c(C(C)=N)n1. The molecule has 168 valence electrons. The van der Waals surface area contributed by atoms with Crippen molar-refractivity contribution in [2.45, 2.75) is 40.3 Å². The van der Waals surface area contributed by atoms with E-state index in [0.717, 1.165) is 28.3 Å². The Bertz CT molecular complexity index is 1080. The van der Waals surface area contributed by atoms with Crippen molar-refractivity contribution in [1.82, 2.24) is 15.0 Å². The Balaban J connectivity index is 2.11. The minimum Gasteiger partial charge on any atom is -0.496 e. The van der Waals surface area contributed by atoms with Crippen LogP contribution in [0.2, 0.25) is 0 Å². The van der Waals surface area contributed by atoms with E-state index in [1.54, 1.807) is 32.6 Å². The maximum Gasteiger partial charge on any atom is 0.222 e. The van der Waals surface area contributed by atoms with Gasteiger partial charge in [0.05, 0.1) is 42.1 Å². The highest BCUT2D eigenvalue weighted by molar-refractivity contribution is 6.03. The van der Waals surface area contributed by atoms with E-state index < -0.39 is 0 Å². The molecule has 0 radical (unpaired) electrons. The van der Waals surface area contributed by atoms with Crippen LogP contribution in [0.15, 0.2) is 42.9 Å². The van der Waals surface area contributed by atoms with Gasteiger partial charge in [-0.3, -0.25) is 4.98 Å². The molecule has 3 aromatic heterocycles. The molecule has 0 unspecified atom stereocenters. The smallest absolute Gasteiger partial charge is 0.222 e. The lowest BCUT2D eigenvalue weighted by Crippen LogP contribution is -2.17. The lowest BCUT2D eigenvalue weighted by atomic mass is 10.1. The lowest BCUT2D eigenvalue weighted by Gasteiger charge is -2.21. The number of nitrogens with zero attached hydrogens (tertiary/aromatic N) is 3. The predicted octanol–water partition coefficient (Wildman–Crippen LogP) is 4.77. The highest BCUT2D eigenvalue weighted by atomic mass is 16.5. The Morgan fingerprint density at radius 2 is 2.03 bits per heavy atom. The summed E-state index contributed by atoms with van der Waals surface area (Å²) in [5, 5.41) is 15.3. The van der Waals surface area contributed by atoms with Crippen LogP contribution in [0.5, 0.6) is 11.6 Å². The van der Waals surface area contributed by atoms with Crippen LogP contribution in [0.4, 0.5) is 11.4 Å². The number of nitrogens with one attached hydrogen (secondary N) is 3. The molecule has 0 fully saturated rings. The van der Waals surface area contributed by atoms with E-state index in [9.17, 15) is 0 Å². The number of hydrogen-bond acceptors (Lipinski definition) is 8. The minimum atomic E-state index is 0.159. The summed E-state index contributed by atoms with van der Waals surface area (Å²) in [6, 6.07) is 7.72. The Labute approximate surface area is 189 Å². The highest BCUT2D eigenvalue weighted by Crippen LogP contribution is 2.35. The molecule has 0 saturated heterocycles. The molecule has 8 nitrogen and oxygen atoms in total. The molecule has 0 spiro atoms. The molecule has 0 aliphatic heterocycles. The van der Waals surface area contributed by atoms with Crippen LogP contribution in [0.3, 0.4) is 0 Å². The average molecular weight is 435 g/mol. The first-order chi connectivity index (χ1) is 15.4. The van der Waals surface area contributed by atoms with Gasteiger partial charge in [0.25, 0.3) is 0 Å². The molecule has 0 amide bonds. The summed E-state index contributed by atoms with van der Waals surface area (Å²) < 4.78 is 11.2. The first kappa shape index (κ1) is 23.0. The highest BCUT2D eigenvalue weighted by Gasteiger charge is 2.19. The monoisotopic (exact) mass is 434 g/mol. The van der Waals surface area contributed by atoms with Gasteiger partial charge >= 0.3 is 0 Å². The third-order valence-electron chi connectivity index (χ3n) is 4.68. The zero-order valence-corrected chi connectivity index (χ0v) is 19.2. The molecular formula is C24H30N6O2. The van der Waals surface area contributed by atoms with E-state index in [-0.39, 0.29) is 6.04 Å². The number of methoxy groups -OCH3 is 1. The van der Waals surface area contributed by atoms with Gasteiger partial charge in [0, 0.05) is 36.7 Å². The van der Waals surface area contributed by atoms with E-state index in [1.807, 2.05) is 31.2 Å². The number of pyridine rings is 3. The quantitative estimate of drug-likeness (QED) is 0.395. The Morgan fingerprint density at radius 3 is 2.72 bits per heavy atom. The van der Waals surface area contributed by atoms with E-state index in [0.29, 0.717) is 36.1 Å². The summed E-state index contributed by atoms with van der Waals surface area (Å²) in [5.74, 6) is 1.27. The van der Waals surface area contributed by atoms with Gasteiger partial charge in [-0.15, -0.1) is 0 Å². The molecule has 0 atom stereocenters. The van der Waals surface area contributed by atoms with Crippen LogP contribution in [0.1, 0.15) is 39.0 Å². The minimum absolute atomic E-state index is 0.159. The van der Waals surface area contributed by atoms with Crippen molar-refractivity contribution < 1.29 is 9.47 Å². The van der Waals surface area contributed by atoms with Gasteiger partial charge in [-0.05, 0) is 52.0 Å². The van der Waals surface area contributed by atoms with E-state index in [2.05, 4.69) is 34.4 Å². The fourth-order valence-corrected chi connectivity index (χ4v) is 3.30. The summed E-state index contributed by atoms with van der Waals surface area (Å²) in [6.07, 6.45) is 5.17. The number of rotatable bonds is 10. The molecule has 0 aliphatic carbocycles. The Kier molecular flexibility index (Phi) is 7.59. The molecule has 3 rings (SSSR count). The number of ether oxygens (including phenoxy) is 2. The summed E-state index contributed by atoms with van der Waals surface area (Å²) in [6.45, 7) is 8.76. The fraction of sp³-hybridized carbons (Fsp3) is 0.333. The molecule has 3 N–H and O–H groups in total. The van der Waals surface area contributed by atoms with Crippen molar-refractivity contribution >= 4 is 17.1 Å². The number of aromatic nitrogens is 3. The van der Waals surface area contributed by atoms with Crippen molar-refractivity contribution in [3.8, 4) is 22.9 Å². The second-order valence-corrected chi connectivity index (χ2v) is 7.53. The first-order valence-electron chi connectivity index (χ1n) is 10.6. The van der Waals surface area contributed by atoms with Crippen molar-refractivity contribution in [1.29, 1.82) is 5.41 Å². The van der Waals surface area contributed by atoms with Gasteiger partial charge in [0.2, 0.25) is 5.88 Å². The summed E-state index contributed by atoms with van der Waals surface area (Å²) in [7, 11) is 1.64. The second-order valence-electron chi connectivity index (χ2n) is 7.53. The van der Waals surface area contributed by atoms with Crippen molar-refractivity contribution in [3.05, 3.63) is 54.1 Å². The normalized spacial score (nSPS) is 10.7. The van der Waals surface area contributed by atoms with Crippen LogP contribution in [0.25, 0.3) is 11.3 Å². The third-order valence-corrected chi connectivity index (χ3v) is 4.68. The molecule has 0 saturated carbocycles. The molecular weight excluding hydrogens is 404 g/mol. The predicted molar refractivity (Wildman–Crippen MR) is 128 cm³/mol. The summed E-state index contributed by atoms with van der Waals surface area (Å²) >= 11 is 0. The zero-order chi connectivity index (χ0) is 23.1. The van der Waals surface area contributed by atoms with Gasteiger partial charge in [0.1, 0.15) is 11.4 Å². The largest absolute Gasteiger partial charge is 0.496 e. The molecule has 0 aromatic carbocycles.